The average Bonchev–Trinajstić information content (AvgIpc) is 2.35. The van der Waals surface area contributed by atoms with Crippen molar-refractivity contribution in [1.82, 2.24) is 5.32 Å². The highest BCUT2D eigenvalue weighted by molar-refractivity contribution is 5.97. The zero-order valence-electron chi connectivity index (χ0n) is 9.71. The lowest BCUT2D eigenvalue weighted by atomic mass is 10.1. The van der Waals surface area contributed by atoms with Crippen LogP contribution in [-0.4, -0.2) is 41.8 Å². The maximum atomic E-state index is 11.7. The van der Waals surface area contributed by atoms with Crippen molar-refractivity contribution in [2.75, 3.05) is 13.7 Å². The van der Waals surface area contributed by atoms with Crippen LogP contribution in [0.1, 0.15) is 10.4 Å². The Morgan fingerprint density at radius 1 is 1.50 bits per heavy atom. The van der Waals surface area contributed by atoms with Crippen LogP contribution in [0.25, 0.3) is 0 Å². The van der Waals surface area contributed by atoms with Crippen LogP contribution in [0.2, 0.25) is 0 Å². The zero-order valence-corrected chi connectivity index (χ0v) is 9.71. The molecule has 5 N–H and O–H groups in total. The van der Waals surface area contributed by atoms with E-state index in [-0.39, 0.29) is 23.6 Å². The number of phenolic OH excluding ortho intramolecular Hbond substituents is 1. The highest BCUT2D eigenvalue weighted by atomic mass is 16.5. The predicted octanol–water partition coefficient (Wildman–Crippen LogP) is -1.02. The van der Waals surface area contributed by atoms with Gasteiger partial charge < -0.3 is 26.0 Å². The molecule has 1 aromatic carbocycles. The number of nitrogens with two attached hydrogens (primary N) is 1. The van der Waals surface area contributed by atoms with Gasteiger partial charge in [-0.3, -0.25) is 9.59 Å². The minimum Gasteiger partial charge on any atom is -0.504 e. The fraction of sp³-hybridized carbons (Fsp3) is 0.273. The number of hydrogen-bond donors (Lipinski definition) is 4. The monoisotopic (exact) mass is 254 g/mol. The Balaban J connectivity index is 2.76. The molecule has 1 atom stereocenters. The van der Waals surface area contributed by atoms with Crippen molar-refractivity contribution in [2.24, 2.45) is 5.73 Å². The number of ether oxygens (including phenoxy) is 1. The summed E-state index contributed by atoms with van der Waals surface area (Å²) in [4.78, 5) is 22.2. The van der Waals surface area contributed by atoms with Gasteiger partial charge in [-0.1, -0.05) is 6.07 Å². The summed E-state index contributed by atoms with van der Waals surface area (Å²) in [7, 11) is 1.35. The molecule has 0 aliphatic heterocycles. The van der Waals surface area contributed by atoms with Crippen LogP contribution >= 0.6 is 0 Å². The molecule has 0 heterocycles. The van der Waals surface area contributed by atoms with Crippen LogP contribution in [0, 0.1) is 0 Å². The minimum atomic E-state index is -1.47. The van der Waals surface area contributed by atoms with E-state index in [1.54, 1.807) is 0 Å². The number of nitrogens with one attached hydrogen (secondary N) is 1. The number of carbonyl (C=O) groups is 2. The quantitative estimate of drug-likeness (QED) is 0.535. The van der Waals surface area contributed by atoms with E-state index in [1.807, 2.05) is 0 Å². The van der Waals surface area contributed by atoms with Crippen molar-refractivity contribution in [3.63, 3.8) is 0 Å². The molecule has 0 bridgehead atoms. The van der Waals surface area contributed by atoms with Crippen LogP contribution in [0.4, 0.5) is 0 Å². The van der Waals surface area contributed by atoms with Gasteiger partial charge in [0, 0.05) is 0 Å². The SMILES string of the molecule is COc1cccc(C(=O)NCC(O)C(N)=O)c1O. The number of para-hydroxylation sites is 1. The van der Waals surface area contributed by atoms with Crippen LogP contribution < -0.4 is 15.8 Å². The molecule has 0 fully saturated rings. The van der Waals surface area contributed by atoms with Crippen LogP contribution in [-0.2, 0) is 4.79 Å². The standard InChI is InChI=1S/C11H14N2O5/c1-18-8-4-2-3-6(9(8)15)11(17)13-5-7(14)10(12)16/h2-4,7,14-15H,5H2,1H3,(H2,12,16)(H,13,17). The Morgan fingerprint density at radius 2 is 2.17 bits per heavy atom. The van der Waals surface area contributed by atoms with Crippen molar-refractivity contribution in [3.05, 3.63) is 23.8 Å². The van der Waals surface area contributed by atoms with Gasteiger partial charge >= 0.3 is 0 Å². The number of rotatable bonds is 5. The number of carbonyl (C=O) groups excluding carboxylic acids is 2. The lowest BCUT2D eigenvalue weighted by Gasteiger charge is -2.11. The topological polar surface area (TPSA) is 122 Å². The van der Waals surface area contributed by atoms with E-state index in [1.165, 1.54) is 25.3 Å². The summed E-state index contributed by atoms with van der Waals surface area (Å²) >= 11 is 0. The zero-order chi connectivity index (χ0) is 13.7. The molecule has 0 aromatic heterocycles. The molecular weight excluding hydrogens is 240 g/mol. The van der Waals surface area contributed by atoms with Gasteiger partial charge in [0.15, 0.2) is 11.5 Å². The van der Waals surface area contributed by atoms with Crippen molar-refractivity contribution >= 4 is 11.8 Å². The van der Waals surface area contributed by atoms with Gasteiger partial charge in [-0.15, -0.1) is 0 Å². The lowest BCUT2D eigenvalue weighted by Crippen LogP contribution is -2.39. The summed E-state index contributed by atoms with van der Waals surface area (Å²) in [5, 5.41) is 21.1. The average molecular weight is 254 g/mol. The molecule has 0 aliphatic rings. The molecule has 0 spiro atoms. The summed E-state index contributed by atoms with van der Waals surface area (Å²) in [5.41, 5.74) is 4.80. The smallest absolute Gasteiger partial charge is 0.255 e. The number of aliphatic hydroxyl groups is 1. The highest BCUT2D eigenvalue weighted by Gasteiger charge is 2.17. The number of amides is 2. The predicted molar refractivity (Wildman–Crippen MR) is 62.2 cm³/mol. The maximum absolute atomic E-state index is 11.7. The number of hydrogen-bond acceptors (Lipinski definition) is 5. The lowest BCUT2D eigenvalue weighted by molar-refractivity contribution is -0.125. The van der Waals surface area contributed by atoms with Crippen LogP contribution in [0.5, 0.6) is 11.5 Å². The van der Waals surface area contributed by atoms with E-state index in [0.29, 0.717) is 0 Å². The van der Waals surface area contributed by atoms with E-state index in [0.717, 1.165) is 0 Å². The molecule has 98 valence electrons. The highest BCUT2D eigenvalue weighted by Crippen LogP contribution is 2.28. The summed E-state index contributed by atoms with van der Waals surface area (Å²) in [6.45, 7) is -0.329. The number of primary amides is 1. The number of aliphatic hydroxyl groups excluding tert-OH is 1. The second kappa shape index (κ2) is 5.87. The third-order valence-electron chi connectivity index (χ3n) is 2.25. The molecule has 0 aliphatic carbocycles. The van der Waals surface area contributed by atoms with Gasteiger partial charge in [-0.05, 0) is 12.1 Å². The van der Waals surface area contributed by atoms with E-state index >= 15 is 0 Å². The van der Waals surface area contributed by atoms with Gasteiger partial charge in [-0.25, -0.2) is 0 Å². The Labute approximate surface area is 103 Å². The number of benzene rings is 1. The fourth-order valence-corrected chi connectivity index (χ4v) is 1.26. The van der Waals surface area contributed by atoms with Crippen LogP contribution in [0.3, 0.4) is 0 Å². The molecule has 7 heteroatoms. The summed E-state index contributed by atoms with van der Waals surface area (Å²) in [6.07, 6.45) is -1.47. The van der Waals surface area contributed by atoms with Gasteiger partial charge in [0.05, 0.1) is 19.2 Å². The van der Waals surface area contributed by atoms with Crippen molar-refractivity contribution in [2.45, 2.75) is 6.10 Å². The van der Waals surface area contributed by atoms with Crippen molar-refractivity contribution in [1.29, 1.82) is 0 Å². The first-order valence-electron chi connectivity index (χ1n) is 5.09. The van der Waals surface area contributed by atoms with E-state index < -0.39 is 17.9 Å². The molecule has 7 nitrogen and oxygen atoms in total. The first-order valence-corrected chi connectivity index (χ1v) is 5.09. The van der Waals surface area contributed by atoms with Crippen molar-refractivity contribution < 1.29 is 24.5 Å². The Morgan fingerprint density at radius 3 is 2.72 bits per heavy atom. The molecule has 2 amide bonds. The Kier molecular flexibility index (Phi) is 4.50. The molecule has 18 heavy (non-hydrogen) atoms. The second-order valence-corrected chi connectivity index (χ2v) is 3.48. The Hall–Kier alpha value is -2.28. The summed E-state index contributed by atoms with van der Waals surface area (Å²) in [6, 6.07) is 4.40. The van der Waals surface area contributed by atoms with Gasteiger partial charge in [0.1, 0.15) is 6.10 Å². The third kappa shape index (κ3) is 3.11. The fourth-order valence-electron chi connectivity index (χ4n) is 1.26. The van der Waals surface area contributed by atoms with Crippen molar-refractivity contribution in [3.8, 4) is 11.5 Å². The molecule has 0 radical (unpaired) electrons. The molecule has 1 rings (SSSR count). The third-order valence-corrected chi connectivity index (χ3v) is 2.25. The molecule has 0 saturated carbocycles. The van der Waals surface area contributed by atoms with Gasteiger partial charge in [0.25, 0.3) is 5.91 Å². The van der Waals surface area contributed by atoms with Gasteiger partial charge in [0.2, 0.25) is 5.91 Å². The molecule has 1 aromatic rings. The largest absolute Gasteiger partial charge is 0.504 e. The number of aromatic hydroxyl groups is 1. The number of phenols is 1. The summed E-state index contributed by atoms with van der Waals surface area (Å²) < 4.78 is 4.85. The van der Waals surface area contributed by atoms with E-state index in [2.05, 4.69) is 5.32 Å². The normalized spacial score (nSPS) is 11.7. The van der Waals surface area contributed by atoms with Gasteiger partial charge in [-0.2, -0.15) is 0 Å². The summed E-state index contributed by atoms with van der Waals surface area (Å²) in [5.74, 6) is -1.75. The first kappa shape index (κ1) is 13.8. The molecule has 0 saturated heterocycles. The minimum absolute atomic E-state index is 0.0222. The maximum Gasteiger partial charge on any atom is 0.255 e. The Bertz CT molecular complexity index is 461. The van der Waals surface area contributed by atoms with E-state index in [9.17, 15) is 14.7 Å². The van der Waals surface area contributed by atoms with E-state index in [4.69, 9.17) is 15.6 Å². The van der Waals surface area contributed by atoms with Crippen LogP contribution in [0.15, 0.2) is 18.2 Å². The molecular formula is C11H14N2O5. The molecule has 1 unspecified atom stereocenters. The first-order chi connectivity index (χ1) is 8.47. The number of methoxy groups -OCH3 is 1. The second-order valence-electron chi connectivity index (χ2n) is 3.48.